The molecule has 2 unspecified atom stereocenters. The molecular formula is C24H35N7O2. The van der Waals surface area contributed by atoms with Crippen molar-refractivity contribution < 1.29 is 9.59 Å². The molecule has 1 saturated carbocycles. The summed E-state index contributed by atoms with van der Waals surface area (Å²) in [4.78, 5) is 28.5. The van der Waals surface area contributed by atoms with E-state index in [1.807, 2.05) is 42.2 Å². The van der Waals surface area contributed by atoms with Crippen LogP contribution < -0.4 is 10.6 Å². The summed E-state index contributed by atoms with van der Waals surface area (Å²) in [5.74, 6) is 0.740. The molecule has 2 aromatic rings. The number of hydrogen-bond acceptors (Lipinski definition) is 6. The summed E-state index contributed by atoms with van der Waals surface area (Å²) in [5.41, 5.74) is 1.11. The Kier molecular flexibility index (Phi) is 7.69. The second-order valence-electron chi connectivity index (χ2n) is 9.26. The largest absolute Gasteiger partial charge is 0.343 e. The predicted octanol–water partition coefficient (Wildman–Crippen LogP) is 2.06. The lowest BCUT2D eigenvalue weighted by molar-refractivity contribution is -0.139. The van der Waals surface area contributed by atoms with Gasteiger partial charge in [-0.3, -0.25) is 9.59 Å². The molecule has 2 aliphatic rings. The van der Waals surface area contributed by atoms with Crippen LogP contribution in [0.15, 0.2) is 30.3 Å². The fraction of sp³-hybridized carbons (Fsp3) is 0.625. The minimum atomic E-state index is -0.507. The number of nitrogens with zero attached hydrogens (tertiary/aromatic N) is 5. The number of likely N-dealkylation sites (tertiary alicyclic amines) is 1. The van der Waals surface area contributed by atoms with Gasteiger partial charge in [-0.2, -0.15) is 0 Å². The zero-order valence-electron chi connectivity index (χ0n) is 19.6. The first-order valence-electron chi connectivity index (χ1n) is 12.2. The number of likely N-dealkylation sites (N-methyl/N-ethyl adjacent to an activating group) is 1. The number of hydrogen-bond donors (Lipinski definition) is 2. The summed E-state index contributed by atoms with van der Waals surface area (Å²) in [6, 6.07) is 9.02. The van der Waals surface area contributed by atoms with Crippen LogP contribution in [0.3, 0.4) is 0 Å². The second-order valence-corrected chi connectivity index (χ2v) is 9.26. The molecule has 9 nitrogen and oxygen atoms in total. The van der Waals surface area contributed by atoms with Crippen molar-refractivity contribution >= 4 is 11.8 Å². The number of rotatable bonds is 8. The van der Waals surface area contributed by atoms with E-state index in [4.69, 9.17) is 0 Å². The number of tetrazole rings is 1. The van der Waals surface area contributed by atoms with Gasteiger partial charge in [-0.15, -0.1) is 5.10 Å². The van der Waals surface area contributed by atoms with Gasteiger partial charge in [0, 0.05) is 6.54 Å². The molecule has 33 heavy (non-hydrogen) atoms. The fourth-order valence-corrected chi connectivity index (χ4v) is 5.05. The van der Waals surface area contributed by atoms with Crippen LogP contribution in [-0.4, -0.2) is 62.6 Å². The van der Waals surface area contributed by atoms with Gasteiger partial charge in [-0.25, -0.2) is 4.68 Å². The van der Waals surface area contributed by atoms with Gasteiger partial charge in [-0.05, 0) is 61.6 Å². The average Bonchev–Trinajstić information content (AvgIpc) is 3.52. The summed E-state index contributed by atoms with van der Waals surface area (Å²) >= 11 is 0. The lowest BCUT2D eigenvalue weighted by Crippen LogP contribution is -2.55. The third-order valence-corrected chi connectivity index (χ3v) is 7.08. The Labute approximate surface area is 195 Å². The lowest BCUT2D eigenvalue weighted by Gasteiger charge is -2.35. The normalized spacial score (nSPS) is 21.0. The Morgan fingerprint density at radius 3 is 2.58 bits per heavy atom. The van der Waals surface area contributed by atoms with Crippen molar-refractivity contribution in [3.05, 3.63) is 41.7 Å². The molecule has 1 aromatic heterocycles. The van der Waals surface area contributed by atoms with Crippen molar-refractivity contribution in [1.82, 2.24) is 35.7 Å². The van der Waals surface area contributed by atoms with E-state index in [1.54, 1.807) is 11.7 Å². The Hall–Kier alpha value is -2.81. The second kappa shape index (κ2) is 10.9. The van der Waals surface area contributed by atoms with Gasteiger partial charge in [0.2, 0.25) is 11.8 Å². The summed E-state index contributed by atoms with van der Waals surface area (Å²) in [6.07, 6.45) is 7.05. The highest BCUT2D eigenvalue weighted by Crippen LogP contribution is 2.34. The van der Waals surface area contributed by atoms with Crippen molar-refractivity contribution in [2.75, 3.05) is 13.6 Å². The fourth-order valence-electron chi connectivity index (χ4n) is 5.05. The van der Waals surface area contributed by atoms with Crippen molar-refractivity contribution in [3.63, 3.8) is 0 Å². The molecule has 0 radical (unpaired) electrons. The summed E-state index contributed by atoms with van der Waals surface area (Å²) in [7, 11) is 1.75. The van der Waals surface area contributed by atoms with Gasteiger partial charge < -0.3 is 15.5 Å². The van der Waals surface area contributed by atoms with E-state index >= 15 is 0 Å². The number of carbonyl (C=O) groups excluding carboxylic acids is 2. The van der Waals surface area contributed by atoms with Crippen LogP contribution in [-0.2, 0) is 16.1 Å². The van der Waals surface area contributed by atoms with Gasteiger partial charge in [-0.1, -0.05) is 49.6 Å². The third-order valence-electron chi connectivity index (χ3n) is 7.08. The maximum atomic E-state index is 13.9. The van der Waals surface area contributed by atoms with Gasteiger partial charge >= 0.3 is 0 Å². The first kappa shape index (κ1) is 23.4. The van der Waals surface area contributed by atoms with E-state index in [9.17, 15) is 9.59 Å². The van der Waals surface area contributed by atoms with E-state index in [1.165, 1.54) is 6.42 Å². The number of aromatic nitrogens is 4. The quantitative estimate of drug-likeness (QED) is 0.634. The molecule has 0 bridgehead atoms. The molecule has 1 aromatic carbocycles. The van der Waals surface area contributed by atoms with Gasteiger partial charge in [0.1, 0.15) is 6.04 Å². The Morgan fingerprint density at radius 1 is 1.09 bits per heavy atom. The molecule has 0 spiro atoms. The van der Waals surface area contributed by atoms with Crippen molar-refractivity contribution in [2.45, 2.75) is 76.5 Å². The number of nitrogens with one attached hydrogen (secondary N) is 2. The van der Waals surface area contributed by atoms with Crippen LogP contribution in [0.2, 0.25) is 0 Å². The molecule has 1 saturated heterocycles. The SMILES string of the molecule is CNC(C)C(=O)NC(C(=O)N1CCC[C@H]1c1nnnn1Cc1ccccc1)C1CCCCC1. The number of carbonyl (C=O) groups is 2. The predicted molar refractivity (Wildman–Crippen MR) is 124 cm³/mol. The Morgan fingerprint density at radius 2 is 1.85 bits per heavy atom. The van der Waals surface area contributed by atoms with Crippen molar-refractivity contribution in [2.24, 2.45) is 5.92 Å². The lowest BCUT2D eigenvalue weighted by atomic mass is 9.83. The van der Waals surface area contributed by atoms with E-state index in [0.717, 1.165) is 44.1 Å². The van der Waals surface area contributed by atoms with Crippen LogP contribution in [0, 0.1) is 5.92 Å². The monoisotopic (exact) mass is 453 g/mol. The molecule has 4 rings (SSSR count). The first-order valence-corrected chi connectivity index (χ1v) is 12.2. The Balaban J connectivity index is 1.55. The first-order chi connectivity index (χ1) is 16.1. The van der Waals surface area contributed by atoms with E-state index in [2.05, 4.69) is 26.2 Å². The molecular weight excluding hydrogens is 418 g/mol. The smallest absolute Gasteiger partial charge is 0.246 e. The van der Waals surface area contributed by atoms with Crippen molar-refractivity contribution in [3.8, 4) is 0 Å². The van der Waals surface area contributed by atoms with Crippen LogP contribution in [0.5, 0.6) is 0 Å². The van der Waals surface area contributed by atoms with Crippen LogP contribution in [0.25, 0.3) is 0 Å². The van der Waals surface area contributed by atoms with Crippen LogP contribution >= 0.6 is 0 Å². The van der Waals surface area contributed by atoms with E-state index in [-0.39, 0.29) is 29.8 Å². The number of amides is 2. The molecule has 2 amide bonds. The molecule has 178 valence electrons. The molecule has 3 atom stereocenters. The zero-order chi connectivity index (χ0) is 23.2. The summed E-state index contributed by atoms with van der Waals surface area (Å²) in [6.45, 7) is 3.03. The molecule has 1 aliphatic heterocycles. The maximum absolute atomic E-state index is 13.9. The average molecular weight is 454 g/mol. The topological polar surface area (TPSA) is 105 Å². The van der Waals surface area contributed by atoms with Crippen LogP contribution in [0.1, 0.15) is 69.3 Å². The zero-order valence-corrected chi connectivity index (χ0v) is 19.6. The van der Waals surface area contributed by atoms with Crippen LogP contribution in [0.4, 0.5) is 0 Å². The van der Waals surface area contributed by atoms with E-state index < -0.39 is 6.04 Å². The van der Waals surface area contributed by atoms with Gasteiger partial charge in [0.25, 0.3) is 0 Å². The van der Waals surface area contributed by atoms with Crippen molar-refractivity contribution in [1.29, 1.82) is 0 Å². The summed E-state index contributed by atoms with van der Waals surface area (Å²) < 4.78 is 1.79. The molecule has 1 aliphatic carbocycles. The number of benzene rings is 1. The highest BCUT2D eigenvalue weighted by Gasteiger charge is 2.40. The van der Waals surface area contributed by atoms with Gasteiger partial charge in [0.05, 0.1) is 18.6 Å². The Bertz CT molecular complexity index is 926. The summed E-state index contributed by atoms with van der Waals surface area (Å²) in [5, 5.41) is 18.5. The standard InChI is InChI=1S/C24H35N7O2/c1-17(25-2)23(32)26-21(19-12-7-4-8-13-19)24(33)30-15-9-14-20(30)22-27-28-29-31(22)16-18-10-5-3-6-11-18/h3,5-6,10-11,17,19-21,25H,4,7-9,12-16H2,1-2H3,(H,26,32)/t17?,20-,21?/m0/s1. The molecule has 2 N–H and O–H groups in total. The molecule has 2 fully saturated rings. The molecule has 9 heteroatoms. The highest BCUT2D eigenvalue weighted by atomic mass is 16.2. The van der Waals surface area contributed by atoms with Gasteiger partial charge in [0.15, 0.2) is 5.82 Å². The van der Waals surface area contributed by atoms with E-state index in [0.29, 0.717) is 18.9 Å². The maximum Gasteiger partial charge on any atom is 0.246 e. The highest BCUT2D eigenvalue weighted by molar-refractivity contribution is 5.90. The third kappa shape index (κ3) is 5.40. The minimum Gasteiger partial charge on any atom is -0.343 e. The minimum absolute atomic E-state index is 0.00434. The molecule has 2 heterocycles.